The zero-order valence-corrected chi connectivity index (χ0v) is 15.2. The zero-order chi connectivity index (χ0) is 17.6. The minimum Gasteiger partial charge on any atom is -0.0622 e. The molecule has 0 heteroatoms. The lowest BCUT2D eigenvalue weighted by Gasteiger charge is -2.07. The van der Waals surface area contributed by atoms with E-state index in [9.17, 15) is 0 Å². The van der Waals surface area contributed by atoms with E-state index in [2.05, 4.69) is 106 Å². The first-order chi connectivity index (χ1) is 12.1. The second kappa shape index (κ2) is 7.81. The molecule has 3 aromatic rings. The molecule has 124 valence electrons. The van der Waals surface area contributed by atoms with E-state index in [4.69, 9.17) is 0 Å². The number of benzene rings is 3. The van der Waals surface area contributed by atoms with Crippen molar-refractivity contribution in [2.24, 2.45) is 0 Å². The molecule has 0 radical (unpaired) electrons. The van der Waals surface area contributed by atoms with Crippen LogP contribution in [0.25, 0.3) is 24.3 Å². The molecule has 0 saturated carbocycles. The Hall–Kier alpha value is -2.86. The van der Waals surface area contributed by atoms with Crippen molar-refractivity contribution < 1.29 is 0 Å². The van der Waals surface area contributed by atoms with Gasteiger partial charge in [0.05, 0.1) is 0 Å². The van der Waals surface area contributed by atoms with Crippen LogP contribution in [0.3, 0.4) is 0 Å². The molecule has 0 N–H and O–H groups in total. The first-order valence-electron chi connectivity index (χ1n) is 8.71. The molecule has 0 aliphatic heterocycles. The fraction of sp³-hybridized carbons (Fsp3) is 0.120. The summed E-state index contributed by atoms with van der Waals surface area (Å²) < 4.78 is 0. The van der Waals surface area contributed by atoms with Gasteiger partial charge >= 0.3 is 0 Å². The summed E-state index contributed by atoms with van der Waals surface area (Å²) >= 11 is 0. The molecule has 0 amide bonds. The van der Waals surface area contributed by atoms with Crippen molar-refractivity contribution in [3.05, 3.63) is 106 Å². The average molecular weight is 324 g/mol. The molecule has 0 fully saturated rings. The van der Waals surface area contributed by atoms with Gasteiger partial charge in [-0.15, -0.1) is 0 Å². The van der Waals surface area contributed by atoms with Crippen LogP contribution in [-0.4, -0.2) is 0 Å². The number of hydrogen-bond acceptors (Lipinski definition) is 0. The van der Waals surface area contributed by atoms with E-state index in [1.807, 2.05) is 6.07 Å². The second-order valence-electron chi connectivity index (χ2n) is 6.55. The molecule has 25 heavy (non-hydrogen) atoms. The van der Waals surface area contributed by atoms with Crippen molar-refractivity contribution in [2.75, 3.05) is 0 Å². The molecule has 0 heterocycles. The predicted molar refractivity (Wildman–Crippen MR) is 111 cm³/mol. The van der Waals surface area contributed by atoms with Crippen LogP contribution in [0.2, 0.25) is 0 Å². The minimum atomic E-state index is 1.22. The standard InChI is InChI=1S/C25H24/c1-19-9-11-23(12-10-19)14-16-25-18-20(2)24(17-21(25)3)15-13-22-7-5-4-6-8-22/h4-18H,1-3H3/b15-13+,16-14+. The highest BCUT2D eigenvalue weighted by molar-refractivity contribution is 5.76. The lowest BCUT2D eigenvalue weighted by molar-refractivity contribution is 1.36. The van der Waals surface area contributed by atoms with Crippen molar-refractivity contribution in [1.29, 1.82) is 0 Å². The van der Waals surface area contributed by atoms with Crippen LogP contribution in [0.4, 0.5) is 0 Å². The molecule has 0 nitrogen and oxygen atoms in total. The fourth-order valence-corrected chi connectivity index (χ4v) is 2.83. The maximum absolute atomic E-state index is 2.27. The molecule has 0 spiro atoms. The Morgan fingerprint density at radius 3 is 1.52 bits per heavy atom. The highest BCUT2D eigenvalue weighted by Crippen LogP contribution is 2.21. The maximum Gasteiger partial charge on any atom is -0.0224 e. The van der Waals surface area contributed by atoms with Gasteiger partial charge < -0.3 is 0 Å². The monoisotopic (exact) mass is 324 g/mol. The highest BCUT2D eigenvalue weighted by atomic mass is 14.1. The highest BCUT2D eigenvalue weighted by Gasteiger charge is 2.01. The molecule has 3 rings (SSSR count). The molecular weight excluding hydrogens is 300 g/mol. The number of rotatable bonds is 4. The van der Waals surface area contributed by atoms with Crippen molar-refractivity contribution in [3.63, 3.8) is 0 Å². The minimum absolute atomic E-state index is 1.22. The van der Waals surface area contributed by atoms with Crippen LogP contribution in [0.1, 0.15) is 38.9 Å². The Labute approximate surface area is 151 Å². The third kappa shape index (κ3) is 4.58. The predicted octanol–water partition coefficient (Wildman–Crippen LogP) is 6.95. The first-order valence-corrected chi connectivity index (χ1v) is 8.71. The largest absolute Gasteiger partial charge is 0.0622 e. The van der Waals surface area contributed by atoms with Crippen molar-refractivity contribution in [1.82, 2.24) is 0 Å². The van der Waals surface area contributed by atoms with E-state index < -0.39 is 0 Å². The van der Waals surface area contributed by atoms with Crippen molar-refractivity contribution in [2.45, 2.75) is 20.8 Å². The summed E-state index contributed by atoms with van der Waals surface area (Å²) in [4.78, 5) is 0. The summed E-state index contributed by atoms with van der Waals surface area (Å²) in [6.07, 6.45) is 8.76. The van der Waals surface area contributed by atoms with Gasteiger partial charge in [-0.05, 0) is 54.2 Å². The summed E-state index contributed by atoms with van der Waals surface area (Å²) in [5.41, 5.74) is 8.88. The summed E-state index contributed by atoms with van der Waals surface area (Å²) in [5.74, 6) is 0. The normalized spacial score (nSPS) is 11.5. The Kier molecular flexibility index (Phi) is 5.30. The van der Waals surface area contributed by atoms with Gasteiger partial charge in [0.15, 0.2) is 0 Å². The average Bonchev–Trinajstić information content (AvgIpc) is 2.63. The lowest BCUT2D eigenvalue weighted by Crippen LogP contribution is -1.88. The lowest BCUT2D eigenvalue weighted by atomic mass is 9.98. The van der Waals surface area contributed by atoms with Gasteiger partial charge in [0.1, 0.15) is 0 Å². The van der Waals surface area contributed by atoms with Gasteiger partial charge in [-0.1, -0.05) is 96.6 Å². The summed E-state index contributed by atoms with van der Waals surface area (Å²) in [6, 6.07) is 23.6. The van der Waals surface area contributed by atoms with Gasteiger partial charge in [-0.3, -0.25) is 0 Å². The molecule has 0 aliphatic carbocycles. The summed E-state index contributed by atoms with van der Waals surface area (Å²) in [5, 5.41) is 0. The Morgan fingerprint density at radius 2 is 1.00 bits per heavy atom. The molecule has 0 unspecified atom stereocenters. The van der Waals surface area contributed by atoms with Crippen molar-refractivity contribution >= 4 is 24.3 Å². The Bertz CT molecular complexity index is 895. The van der Waals surface area contributed by atoms with E-state index in [1.165, 1.54) is 38.9 Å². The SMILES string of the molecule is Cc1ccc(/C=C/c2cc(C)c(/C=C/c3ccccc3)cc2C)cc1. The third-order valence-corrected chi connectivity index (χ3v) is 4.44. The van der Waals surface area contributed by atoms with Crippen LogP contribution in [0.5, 0.6) is 0 Å². The van der Waals surface area contributed by atoms with Gasteiger partial charge in [-0.25, -0.2) is 0 Å². The van der Waals surface area contributed by atoms with Crippen LogP contribution < -0.4 is 0 Å². The van der Waals surface area contributed by atoms with Crippen molar-refractivity contribution in [3.8, 4) is 0 Å². The van der Waals surface area contributed by atoms with E-state index >= 15 is 0 Å². The van der Waals surface area contributed by atoms with Crippen LogP contribution in [0.15, 0.2) is 66.7 Å². The molecule has 0 bridgehead atoms. The molecule has 0 aromatic heterocycles. The molecule has 3 aromatic carbocycles. The second-order valence-corrected chi connectivity index (χ2v) is 6.55. The number of hydrogen-bond donors (Lipinski definition) is 0. The van der Waals surface area contributed by atoms with Crippen LogP contribution >= 0.6 is 0 Å². The molecular formula is C25H24. The van der Waals surface area contributed by atoms with Crippen LogP contribution in [-0.2, 0) is 0 Å². The molecule has 0 saturated heterocycles. The fourth-order valence-electron chi connectivity index (χ4n) is 2.83. The topological polar surface area (TPSA) is 0 Å². The number of aryl methyl sites for hydroxylation is 3. The van der Waals surface area contributed by atoms with Gasteiger partial charge in [0, 0.05) is 0 Å². The smallest absolute Gasteiger partial charge is 0.0224 e. The van der Waals surface area contributed by atoms with Crippen LogP contribution in [0, 0.1) is 20.8 Å². The first kappa shape index (κ1) is 17.0. The van der Waals surface area contributed by atoms with Gasteiger partial charge in [0.25, 0.3) is 0 Å². The maximum atomic E-state index is 2.27. The van der Waals surface area contributed by atoms with E-state index in [-0.39, 0.29) is 0 Å². The molecule has 0 atom stereocenters. The van der Waals surface area contributed by atoms with E-state index in [1.54, 1.807) is 0 Å². The Balaban J connectivity index is 1.82. The Morgan fingerprint density at radius 1 is 0.520 bits per heavy atom. The summed E-state index contributed by atoms with van der Waals surface area (Å²) in [6.45, 7) is 6.46. The quantitative estimate of drug-likeness (QED) is 0.455. The van der Waals surface area contributed by atoms with E-state index in [0.717, 1.165) is 0 Å². The van der Waals surface area contributed by atoms with Gasteiger partial charge in [0.2, 0.25) is 0 Å². The van der Waals surface area contributed by atoms with E-state index in [0.29, 0.717) is 0 Å². The van der Waals surface area contributed by atoms with Gasteiger partial charge in [-0.2, -0.15) is 0 Å². The third-order valence-electron chi connectivity index (χ3n) is 4.44. The zero-order valence-electron chi connectivity index (χ0n) is 15.2. The molecule has 0 aliphatic rings. The summed E-state index contributed by atoms with van der Waals surface area (Å²) in [7, 11) is 0.